The number of rotatable bonds is 4. The van der Waals surface area contributed by atoms with Gasteiger partial charge in [0, 0.05) is 6.42 Å². The van der Waals surface area contributed by atoms with Crippen molar-refractivity contribution in [3.8, 4) is 0 Å². The van der Waals surface area contributed by atoms with Gasteiger partial charge in [0.15, 0.2) is 5.78 Å². The molecule has 0 aliphatic heterocycles. The molecule has 0 atom stereocenters. The van der Waals surface area contributed by atoms with Crippen molar-refractivity contribution in [1.82, 2.24) is 0 Å². The fraction of sp³-hybridized carbons (Fsp3) is 0.235. The molecule has 22 heavy (non-hydrogen) atoms. The molecule has 0 saturated heterocycles. The van der Waals surface area contributed by atoms with E-state index in [1.165, 1.54) is 24.3 Å². The predicted octanol–water partition coefficient (Wildman–Crippen LogP) is 4.97. The van der Waals surface area contributed by atoms with Crippen LogP contribution in [0.25, 0.3) is 0 Å². The van der Waals surface area contributed by atoms with Crippen molar-refractivity contribution in [3.63, 3.8) is 0 Å². The van der Waals surface area contributed by atoms with Crippen molar-refractivity contribution in [2.45, 2.75) is 25.9 Å². The molecule has 0 N–H and O–H groups in total. The van der Waals surface area contributed by atoms with Crippen molar-refractivity contribution in [1.29, 1.82) is 0 Å². The topological polar surface area (TPSA) is 17.1 Å². The first-order valence-electron chi connectivity index (χ1n) is 6.73. The molecule has 0 heterocycles. The van der Waals surface area contributed by atoms with Crippen molar-refractivity contribution < 1.29 is 22.4 Å². The van der Waals surface area contributed by atoms with Gasteiger partial charge in [0.25, 0.3) is 0 Å². The number of carbonyl (C=O) groups is 1. The fourth-order valence-electron chi connectivity index (χ4n) is 2.11. The van der Waals surface area contributed by atoms with Gasteiger partial charge in [-0.2, -0.15) is 13.2 Å². The Morgan fingerprint density at radius 2 is 1.68 bits per heavy atom. The van der Waals surface area contributed by atoms with Crippen LogP contribution < -0.4 is 0 Å². The summed E-state index contributed by atoms with van der Waals surface area (Å²) in [6.45, 7) is 1.76. The van der Waals surface area contributed by atoms with Crippen molar-refractivity contribution >= 4 is 5.78 Å². The van der Waals surface area contributed by atoms with Crippen LogP contribution in [-0.2, 0) is 12.6 Å². The summed E-state index contributed by atoms with van der Waals surface area (Å²) in [6, 6.07) is 8.92. The Kier molecular flexibility index (Phi) is 4.64. The van der Waals surface area contributed by atoms with Gasteiger partial charge in [-0.3, -0.25) is 4.79 Å². The molecule has 5 heteroatoms. The van der Waals surface area contributed by atoms with E-state index in [0.29, 0.717) is 5.56 Å². The quantitative estimate of drug-likeness (QED) is 0.575. The van der Waals surface area contributed by atoms with Gasteiger partial charge in [-0.1, -0.05) is 23.8 Å². The second-order valence-electron chi connectivity index (χ2n) is 5.10. The van der Waals surface area contributed by atoms with Crippen LogP contribution in [0, 0.1) is 12.7 Å². The number of ketones is 1. The summed E-state index contributed by atoms with van der Waals surface area (Å²) in [7, 11) is 0. The third-order valence-electron chi connectivity index (χ3n) is 3.34. The van der Waals surface area contributed by atoms with E-state index in [1.54, 1.807) is 13.0 Å². The summed E-state index contributed by atoms with van der Waals surface area (Å²) in [6.07, 6.45) is -4.06. The maximum atomic E-state index is 13.6. The van der Waals surface area contributed by atoms with Crippen LogP contribution in [0.1, 0.15) is 33.5 Å². The van der Waals surface area contributed by atoms with Gasteiger partial charge in [0.05, 0.1) is 11.1 Å². The summed E-state index contributed by atoms with van der Waals surface area (Å²) in [5, 5.41) is 0. The second kappa shape index (κ2) is 6.30. The maximum absolute atomic E-state index is 13.6. The monoisotopic (exact) mass is 310 g/mol. The molecule has 2 aromatic rings. The van der Waals surface area contributed by atoms with Crippen LogP contribution in [-0.4, -0.2) is 5.78 Å². The van der Waals surface area contributed by atoms with Gasteiger partial charge in [0.2, 0.25) is 0 Å². The number of aryl methyl sites for hydroxylation is 2. The number of hydrogen-bond acceptors (Lipinski definition) is 1. The van der Waals surface area contributed by atoms with E-state index in [9.17, 15) is 22.4 Å². The van der Waals surface area contributed by atoms with Crippen LogP contribution in [0.2, 0.25) is 0 Å². The van der Waals surface area contributed by atoms with E-state index in [1.807, 2.05) is 0 Å². The van der Waals surface area contributed by atoms with Gasteiger partial charge in [-0.15, -0.1) is 0 Å². The number of Topliss-reactive ketones (excluding diaryl/α,β-unsaturated/α-hetero) is 1. The average Bonchev–Trinajstić information content (AvgIpc) is 2.47. The lowest BCUT2D eigenvalue weighted by atomic mass is 10.0. The molecule has 0 amide bonds. The van der Waals surface area contributed by atoms with Crippen molar-refractivity contribution in [3.05, 3.63) is 70.5 Å². The highest BCUT2D eigenvalue weighted by Gasteiger charge is 2.29. The molecule has 0 aliphatic carbocycles. The number of alkyl halides is 3. The summed E-state index contributed by atoms with van der Waals surface area (Å²) in [4.78, 5) is 12.0. The summed E-state index contributed by atoms with van der Waals surface area (Å²) < 4.78 is 50.9. The molecule has 0 aliphatic rings. The van der Waals surface area contributed by atoms with E-state index in [0.717, 1.165) is 17.7 Å². The standard InChI is InChI=1S/C17H14F4O/c1-11-2-8-15(18)14(10-11)16(22)9-5-12-3-6-13(7-4-12)17(19,20)21/h2-4,6-8,10H,5,9H2,1H3. The molecule has 1 nitrogen and oxygen atoms in total. The highest BCUT2D eigenvalue weighted by atomic mass is 19.4. The normalized spacial score (nSPS) is 11.5. The van der Waals surface area contributed by atoms with Crippen LogP contribution in [0.4, 0.5) is 17.6 Å². The number of hydrogen-bond donors (Lipinski definition) is 0. The molecule has 2 rings (SSSR count). The number of carbonyl (C=O) groups excluding carboxylic acids is 1. The Labute approximate surface area is 125 Å². The van der Waals surface area contributed by atoms with Gasteiger partial charge in [-0.05, 0) is 43.2 Å². The summed E-state index contributed by atoms with van der Waals surface area (Å²) >= 11 is 0. The maximum Gasteiger partial charge on any atom is 0.416 e. The second-order valence-corrected chi connectivity index (χ2v) is 5.10. The van der Waals surface area contributed by atoms with Crippen LogP contribution in [0.3, 0.4) is 0 Å². The van der Waals surface area contributed by atoms with E-state index >= 15 is 0 Å². The molecule has 0 bridgehead atoms. The first kappa shape index (κ1) is 16.2. The minimum absolute atomic E-state index is 0.0203. The molecule has 0 fully saturated rings. The van der Waals surface area contributed by atoms with Crippen LogP contribution in [0.5, 0.6) is 0 Å². The zero-order valence-electron chi connectivity index (χ0n) is 11.9. The Morgan fingerprint density at radius 1 is 1.05 bits per heavy atom. The van der Waals surface area contributed by atoms with E-state index in [-0.39, 0.29) is 24.2 Å². The molecule has 0 spiro atoms. The lowest BCUT2D eigenvalue weighted by Crippen LogP contribution is -2.06. The SMILES string of the molecule is Cc1ccc(F)c(C(=O)CCc2ccc(C(F)(F)F)cc2)c1. The smallest absolute Gasteiger partial charge is 0.294 e. The molecule has 116 valence electrons. The highest BCUT2D eigenvalue weighted by molar-refractivity contribution is 5.96. The van der Waals surface area contributed by atoms with E-state index in [2.05, 4.69) is 0 Å². The summed E-state index contributed by atoms with van der Waals surface area (Å²) in [5.74, 6) is -0.941. The average molecular weight is 310 g/mol. The minimum atomic E-state index is -4.38. The summed E-state index contributed by atoms with van der Waals surface area (Å²) in [5.41, 5.74) is 0.674. The fourth-order valence-corrected chi connectivity index (χ4v) is 2.11. The molecular formula is C17H14F4O. The lowest BCUT2D eigenvalue weighted by Gasteiger charge is -2.08. The molecular weight excluding hydrogens is 296 g/mol. The first-order chi connectivity index (χ1) is 10.3. The third-order valence-corrected chi connectivity index (χ3v) is 3.34. The van der Waals surface area contributed by atoms with Crippen LogP contribution >= 0.6 is 0 Å². The predicted molar refractivity (Wildman–Crippen MR) is 75.2 cm³/mol. The van der Waals surface area contributed by atoms with E-state index < -0.39 is 17.6 Å². The van der Waals surface area contributed by atoms with Crippen molar-refractivity contribution in [2.24, 2.45) is 0 Å². The Morgan fingerprint density at radius 3 is 2.27 bits per heavy atom. The Bertz CT molecular complexity index is 672. The highest BCUT2D eigenvalue weighted by Crippen LogP contribution is 2.29. The van der Waals surface area contributed by atoms with Gasteiger partial charge >= 0.3 is 6.18 Å². The van der Waals surface area contributed by atoms with Crippen molar-refractivity contribution in [2.75, 3.05) is 0 Å². The number of benzene rings is 2. The third kappa shape index (κ3) is 3.93. The zero-order chi connectivity index (χ0) is 16.3. The minimum Gasteiger partial charge on any atom is -0.294 e. The largest absolute Gasteiger partial charge is 0.416 e. The molecule has 2 aromatic carbocycles. The van der Waals surface area contributed by atoms with Gasteiger partial charge in [0.1, 0.15) is 5.82 Å². The number of halogens is 4. The zero-order valence-corrected chi connectivity index (χ0v) is 11.9. The van der Waals surface area contributed by atoms with Gasteiger partial charge in [-0.25, -0.2) is 4.39 Å². The first-order valence-corrected chi connectivity index (χ1v) is 6.73. The lowest BCUT2D eigenvalue weighted by molar-refractivity contribution is -0.137. The molecule has 0 radical (unpaired) electrons. The molecule has 0 saturated carbocycles. The van der Waals surface area contributed by atoms with E-state index in [4.69, 9.17) is 0 Å². The van der Waals surface area contributed by atoms with Gasteiger partial charge < -0.3 is 0 Å². The Hall–Kier alpha value is -2.17. The van der Waals surface area contributed by atoms with Crippen LogP contribution in [0.15, 0.2) is 42.5 Å². The Balaban J connectivity index is 2.04. The molecule has 0 aromatic heterocycles. The molecule has 0 unspecified atom stereocenters.